The van der Waals surface area contributed by atoms with Gasteiger partial charge in [-0.2, -0.15) is 5.21 Å². The van der Waals surface area contributed by atoms with Gasteiger partial charge in [0.05, 0.1) is 6.54 Å². The SMILES string of the molecule is CCCCc1nc2cc(-c3cccs3)c(C(OC)OC)nc2n1Cc1ccc(-c2ccccc2)c(-c2nn[nH]n2)c1. The van der Waals surface area contributed by atoms with E-state index in [4.69, 9.17) is 19.4 Å². The van der Waals surface area contributed by atoms with Gasteiger partial charge in [0.25, 0.3) is 0 Å². The zero-order valence-electron chi connectivity index (χ0n) is 23.2. The second kappa shape index (κ2) is 12.1. The van der Waals surface area contributed by atoms with E-state index < -0.39 is 6.29 Å². The van der Waals surface area contributed by atoms with Gasteiger partial charge in [0, 0.05) is 36.6 Å². The summed E-state index contributed by atoms with van der Waals surface area (Å²) in [5.74, 6) is 1.56. The molecule has 41 heavy (non-hydrogen) atoms. The summed E-state index contributed by atoms with van der Waals surface area (Å²) < 4.78 is 13.6. The topological polar surface area (TPSA) is 104 Å². The van der Waals surface area contributed by atoms with Crippen LogP contribution >= 0.6 is 11.3 Å². The zero-order chi connectivity index (χ0) is 28.2. The Kier molecular flexibility index (Phi) is 7.95. The number of benzene rings is 2. The Morgan fingerprint density at radius 1 is 0.927 bits per heavy atom. The molecular weight excluding hydrogens is 534 g/mol. The van der Waals surface area contributed by atoms with E-state index in [0.717, 1.165) is 74.6 Å². The number of nitrogens with one attached hydrogen (secondary N) is 1. The van der Waals surface area contributed by atoms with Crippen molar-refractivity contribution in [3.8, 4) is 33.0 Å². The van der Waals surface area contributed by atoms with Crippen molar-refractivity contribution in [3.05, 3.63) is 89.2 Å². The number of aromatic amines is 1. The molecule has 0 amide bonds. The molecule has 0 aliphatic rings. The van der Waals surface area contributed by atoms with Gasteiger partial charge in [-0.05, 0) is 51.9 Å². The van der Waals surface area contributed by atoms with Crippen LogP contribution in [0.15, 0.2) is 72.1 Å². The minimum absolute atomic E-state index is 0.552. The molecule has 2 aromatic carbocycles. The molecule has 6 rings (SSSR count). The second-order valence-electron chi connectivity index (χ2n) is 9.74. The molecule has 4 heterocycles. The van der Waals surface area contributed by atoms with Crippen molar-refractivity contribution in [1.29, 1.82) is 0 Å². The van der Waals surface area contributed by atoms with Gasteiger partial charge in [-0.15, -0.1) is 21.5 Å². The van der Waals surface area contributed by atoms with Crippen molar-refractivity contribution in [2.45, 2.75) is 39.0 Å². The van der Waals surface area contributed by atoms with Gasteiger partial charge in [0.2, 0.25) is 12.1 Å². The van der Waals surface area contributed by atoms with Crippen LogP contribution < -0.4 is 0 Å². The Labute approximate surface area is 242 Å². The highest BCUT2D eigenvalue weighted by Gasteiger charge is 2.23. The number of ether oxygens (including phenoxy) is 2. The average Bonchev–Trinajstić information content (AvgIpc) is 3.80. The zero-order valence-corrected chi connectivity index (χ0v) is 24.1. The lowest BCUT2D eigenvalue weighted by molar-refractivity contribution is -0.108. The molecule has 208 valence electrons. The molecule has 10 heteroatoms. The highest BCUT2D eigenvalue weighted by molar-refractivity contribution is 7.13. The lowest BCUT2D eigenvalue weighted by atomic mass is 9.97. The predicted octanol–water partition coefficient (Wildman–Crippen LogP) is 6.69. The van der Waals surface area contributed by atoms with Gasteiger partial charge in [0.1, 0.15) is 17.0 Å². The van der Waals surface area contributed by atoms with Crippen LogP contribution in [0.1, 0.15) is 43.1 Å². The number of tetrazole rings is 1. The Morgan fingerprint density at radius 2 is 1.78 bits per heavy atom. The molecule has 0 bridgehead atoms. The number of imidazole rings is 1. The van der Waals surface area contributed by atoms with Crippen molar-refractivity contribution in [2.75, 3.05) is 14.2 Å². The first-order valence-corrected chi connectivity index (χ1v) is 14.5. The standard InChI is InChI=1S/C31H31N7O2S/c1-4-5-13-27-32-25-18-24(26-12-9-16-41-26)28(31(39-2)40-3)33-30(25)38(27)19-20-14-15-22(21-10-7-6-8-11-21)23(17-20)29-34-36-37-35-29/h6-12,14-18,31H,4-5,13,19H2,1-3H3,(H,34,35,36,37). The summed E-state index contributed by atoms with van der Waals surface area (Å²) in [5, 5.41) is 17.1. The molecule has 0 aliphatic heterocycles. The average molecular weight is 566 g/mol. The van der Waals surface area contributed by atoms with Crippen molar-refractivity contribution < 1.29 is 9.47 Å². The quantitative estimate of drug-likeness (QED) is 0.175. The van der Waals surface area contributed by atoms with E-state index in [1.165, 1.54) is 0 Å². The predicted molar refractivity (Wildman–Crippen MR) is 160 cm³/mol. The van der Waals surface area contributed by atoms with Crippen LogP contribution in [0.5, 0.6) is 0 Å². The fraction of sp³-hybridized carbons (Fsp3) is 0.258. The Balaban J connectivity index is 1.49. The van der Waals surface area contributed by atoms with Gasteiger partial charge in [0.15, 0.2) is 5.65 Å². The van der Waals surface area contributed by atoms with Crippen LogP contribution in [0, 0.1) is 0 Å². The molecule has 0 radical (unpaired) electrons. The van der Waals surface area contributed by atoms with Gasteiger partial charge < -0.3 is 14.0 Å². The molecule has 0 fully saturated rings. The van der Waals surface area contributed by atoms with Crippen LogP contribution in [-0.4, -0.2) is 49.4 Å². The van der Waals surface area contributed by atoms with Crippen molar-refractivity contribution in [1.82, 2.24) is 35.2 Å². The Morgan fingerprint density at radius 3 is 2.49 bits per heavy atom. The highest BCUT2D eigenvalue weighted by Crippen LogP contribution is 2.36. The van der Waals surface area contributed by atoms with Crippen LogP contribution in [0.25, 0.3) is 44.1 Å². The summed E-state index contributed by atoms with van der Waals surface area (Å²) in [6.45, 7) is 2.78. The number of fused-ring (bicyclic) bond motifs is 1. The van der Waals surface area contributed by atoms with E-state index >= 15 is 0 Å². The smallest absolute Gasteiger partial charge is 0.205 e. The fourth-order valence-corrected chi connectivity index (χ4v) is 5.88. The third-order valence-electron chi connectivity index (χ3n) is 7.12. The molecule has 0 saturated heterocycles. The monoisotopic (exact) mass is 565 g/mol. The van der Waals surface area contributed by atoms with E-state index in [9.17, 15) is 0 Å². The summed E-state index contributed by atoms with van der Waals surface area (Å²) >= 11 is 1.66. The normalized spacial score (nSPS) is 11.6. The molecule has 4 aromatic heterocycles. The van der Waals surface area contributed by atoms with E-state index in [-0.39, 0.29) is 0 Å². The summed E-state index contributed by atoms with van der Waals surface area (Å²) in [5.41, 5.74) is 7.50. The first-order chi connectivity index (χ1) is 20.2. The molecule has 9 nitrogen and oxygen atoms in total. The second-order valence-corrected chi connectivity index (χ2v) is 10.7. The van der Waals surface area contributed by atoms with E-state index in [1.807, 2.05) is 24.3 Å². The lowest BCUT2D eigenvalue weighted by Gasteiger charge is -2.17. The number of thiophene rings is 1. The number of nitrogens with zero attached hydrogens (tertiary/aromatic N) is 6. The summed E-state index contributed by atoms with van der Waals surface area (Å²) in [6.07, 6.45) is 2.36. The van der Waals surface area contributed by atoms with Gasteiger partial charge in [-0.1, -0.05) is 61.9 Å². The number of unbranched alkanes of at least 4 members (excludes halogenated alkanes) is 1. The maximum absolute atomic E-state index is 5.68. The largest absolute Gasteiger partial charge is 0.350 e. The Bertz CT molecular complexity index is 1730. The van der Waals surface area contributed by atoms with Crippen LogP contribution in [-0.2, 0) is 22.4 Å². The molecule has 0 saturated carbocycles. The number of methoxy groups -OCH3 is 2. The first-order valence-electron chi connectivity index (χ1n) is 13.6. The maximum atomic E-state index is 5.68. The van der Waals surface area contributed by atoms with Crippen LogP contribution in [0.4, 0.5) is 0 Å². The molecule has 0 unspecified atom stereocenters. The van der Waals surface area contributed by atoms with Gasteiger partial charge in [-0.25, -0.2) is 9.97 Å². The number of H-pyrrole nitrogens is 1. The molecule has 0 aliphatic carbocycles. The molecule has 6 aromatic rings. The van der Waals surface area contributed by atoms with E-state index in [1.54, 1.807) is 25.6 Å². The fourth-order valence-electron chi connectivity index (χ4n) is 5.13. The van der Waals surface area contributed by atoms with E-state index in [2.05, 4.69) is 80.0 Å². The number of rotatable bonds is 11. The van der Waals surface area contributed by atoms with Gasteiger partial charge in [-0.3, -0.25) is 0 Å². The third kappa shape index (κ3) is 5.41. The van der Waals surface area contributed by atoms with Gasteiger partial charge >= 0.3 is 0 Å². The lowest BCUT2D eigenvalue weighted by Crippen LogP contribution is -2.11. The van der Waals surface area contributed by atoms with Crippen molar-refractivity contribution >= 4 is 22.5 Å². The first kappa shape index (κ1) is 26.9. The minimum atomic E-state index is -0.603. The molecular formula is C31H31N7O2S. The summed E-state index contributed by atoms with van der Waals surface area (Å²) in [4.78, 5) is 11.3. The summed E-state index contributed by atoms with van der Waals surface area (Å²) in [7, 11) is 3.27. The number of hydrogen-bond acceptors (Lipinski definition) is 8. The van der Waals surface area contributed by atoms with Crippen molar-refractivity contribution in [2.24, 2.45) is 0 Å². The highest BCUT2D eigenvalue weighted by atomic mass is 32.1. The maximum Gasteiger partial charge on any atom is 0.205 e. The van der Waals surface area contributed by atoms with Crippen LogP contribution in [0.3, 0.4) is 0 Å². The van der Waals surface area contributed by atoms with Crippen molar-refractivity contribution in [3.63, 3.8) is 0 Å². The number of aryl methyl sites for hydroxylation is 1. The number of pyridine rings is 1. The molecule has 0 spiro atoms. The third-order valence-corrected chi connectivity index (χ3v) is 8.02. The molecule has 0 atom stereocenters. The summed E-state index contributed by atoms with van der Waals surface area (Å²) in [6, 6.07) is 22.9. The Hall–Kier alpha value is -4.25. The molecule has 1 N–H and O–H groups in total. The number of aromatic nitrogens is 7. The van der Waals surface area contributed by atoms with E-state index in [0.29, 0.717) is 12.4 Å². The minimum Gasteiger partial charge on any atom is -0.350 e. The van der Waals surface area contributed by atoms with Crippen LogP contribution in [0.2, 0.25) is 0 Å². The number of hydrogen-bond donors (Lipinski definition) is 1.